The third-order valence-electron chi connectivity index (χ3n) is 27.2. The van der Waals surface area contributed by atoms with Crippen molar-refractivity contribution in [2.45, 2.75) is 108 Å². The van der Waals surface area contributed by atoms with Gasteiger partial charge in [0, 0.05) is 144 Å². The average Bonchev–Trinajstić information content (AvgIpc) is 1.51. The van der Waals surface area contributed by atoms with Gasteiger partial charge in [-0.3, -0.25) is 0 Å². The predicted molar refractivity (Wildman–Crippen MR) is 471 cm³/mol. The van der Waals surface area contributed by atoms with Gasteiger partial charge in [0.25, 0.3) is 0 Å². The molecule has 17 heterocycles. The zero-order chi connectivity index (χ0) is 90.1. The van der Waals surface area contributed by atoms with Crippen molar-refractivity contribution in [1.29, 1.82) is 0 Å². The van der Waals surface area contributed by atoms with Gasteiger partial charge >= 0.3 is 6.18 Å². The van der Waals surface area contributed by atoms with Gasteiger partial charge in [0.05, 0.1) is 93.6 Å². The summed E-state index contributed by atoms with van der Waals surface area (Å²) in [4.78, 5) is 58.8. The molecule has 33 nitrogen and oxygen atoms in total. The Kier molecular flexibility index (Phi) is 20.9. The van der Waals surface area contributed by atoms with Gasteiger partial charge in [-0.15, -0.1) is 0 Å². The lowest BCUT2D eigenvalue weighted by Gasteiger charge is -2.43. The summed E-state index contributed by atoms with van der Waals surface area (Å²) in [6.45, 7) is 10.7. The number of aromatic amines is 4. The fraction of sp³-hybridized carbons (Fsp3) is 0.455. The number of nitrogens with zero attached hydrogens (tertiary/aromatic N) is 12. The number of halogens is 5. The van der Waals surface area contributed by atoms with Crippen molar-refractivity contribution >= 4 is 106 Å². The van der Waals surface area contributed by atoms with E-state index >= 15 is 0 Å². The minimum atomic E-state index is -4.58. The van der Waals surface area contributed by atoms with Crippen LogP contribution in [0.15, 0.2) is 97.5 Å². The van der Waals surface area contributed by atoms with E-state index < -0.39 is 70.1 Å². The van der Waals surface area contributed by atoms with Crippen LogP contribution in [-0.2, 0) is 88.2 Å². The zero-order valence-corrected chi connectivity index (χ0v) is 74.5. The molecule has 4 N–H and O–H groups in total. The summed E-state index contributed by atoms with van der Waals surface area (Å²) < 4.78 is 221. The number of hydrogen-bond donors (Lipinski definition) is 4. The lowest BCUT2D eigenvalue weighted by molar-refractivity contribution is -0.137. The molecule has 3 aliphatic carbocycles. The SMILES string of the molecule is CS(=O)(=O)C1(c2nc(-c3cc(C(F)(F)F)cc4[nH]ccc34)nc3c2OC[C@@H]2COCCN32)CC1.CS(=O)(=O)C1(c2nc(-c3ccc(F)c4[nH]ccc34)nc3c2OC[C@@H]2COCCN32)CC1.CS(=O)(=O)C1(c2nc(-c3ccc(F)c4[nH]ccc34)nc3c2OC[C@@H]2COCCN32)CCOCC1.Cc1cc2c(-c3nc4c(c(C5(S(C)(=O)=O)CC5)n3)OC[C@@H]3COCCN43)cccc2[nH]1. The quantitative estimate of drug-likeness (QED) is 0.0825. The van der Waals surface area contributed by atoms with E-state index in [1.807, 2.05) is 30.0 Å². The van der Waals surface area contributed by atoms with Gasteiger partial charge in [-0.05, 0) is 125 Å². The van der Waals surface area contributed by atoms with E-state index in [0.717, 1.165) is 40.5 Å². The van der Waals surface area contributed by atoms with E-state index in [1.54, 1.807) is 48.9 Å². The highest BCUT2D eigenvalue weighted by atomic mass is 32.2. The molecule has 3 saturated carbocycles. The Morgan fingerprint density at radius 2 is 0.715 bits per heavy atom. The molecule has 12 aliphatic rings. The molecule has 12 aromatic rings. The lowest BCUT2D eigenvalue weighted by Crippen LogP contribution is -2.52. The third kappa shape index (κ3) is 14.5. The van der Waals surface area contributed by atoms with Gasteiger partial charge in [-0.1, -0.05) is 12.1 Å². The Hall–Kier alpha value is -11.0. The van der Waals surface area contributed by atoms with Crippen LogP contribution >= 0.6 is 0 Å². The molecular weight excluding hydrogens is 1780 g/mol. The topological polar surface area (TPSA) is 399 Å². The molecule has 0 spiro atoms. The van der Waals surface area contributed by atoms with E-state index in [1.165, 1.54) is 30.9 Å². The number of rotatable bonds is 12. The smallest absolute Gasteiger partial charge is 0.416 e. The molecule has 8 aromatic heterocycles. The van der Waals surface area contributed by atoms with Crippen LogP contribution in [0, 0.1) is 18.6 Å². The number of morpholine rings is 4. The highest BCUT2D eigenvalue weighted by Crippen LogP contribution is 2.61. The predicted octanol–water partition coefficient (Wildman–Crippen LogP) is 10.6. The summed E-state index contributed by atoms with van der Waals surface area (Å²) in [7, 11) is -14.0. The number of nitrogens with one attached hydrogen (secondary N) is 4. The Bertz CT molecular complexity index is 6950. The summed E-state index contributed by atoms with van der Waals surface area (Å²) in [5.41, 5.74) is 6.02. The molecular formula is C88H91F5N16O17S4. The van der Waals surface area contributed by atoms with E-state index in [9.17, 15) is 55.6 Å². The summed E-state index contributed by atoms with van der Waals surface area (Å²) in [5.74, 6) is 4.40. The van der Waals surface area contributed by atoms with Crippen molar-refractivity contribution in [2.24, 2.45) is 0 Å². The minimum Gasteiger partial charge on any atom is -0.486 e. The van der Waals surface area contributed by atoms with Gasteiger partial charge in [-0.25, -0.2) is 82.3 Å². The fourth-order valence-corrected chi connectivity index (χ4v) is 25.0. The molecule has 24 rings (SSSR count). The Morgan fingerprint density at radius 1 is 0.369 bits per heavy atom. The summed E-state index contributed by atoms with van der Waals surface area (Å²) in [5, 5.41) is 2.80. The molecule has 684 valence electrons. The van der Waals surface area contributed by atoms with E-state index in [-0.39, 0.29) is 77.8 Å². The average molecular weight is 1870 g/mol. The standard InChI is InChI=1S/C23H25FN4O5S.C22H21F3N4O4S.C22H24N4O4S.C21H21FN4O4S/c1-34(29,30)23(5-9-31-10-6-23)20-19-22(28-8-11-32-12-14(28)13-33-19)27-21(26-20)16-2-3-17(24)18-15(16)4-7-25-18;1-34(30,31)21(3-4-21)18-17-20(29-6-7-32-10-13(29)11-33-17)28-19(27-18)15-8-12(22(23,24)25)9-16-14(15)2-5-26-16;1-13-10-16-15(4-3-5-17(16)23-13)20-24-19(22(6-7-22)31(2,27)28)18-21(25-20)26-8-9-29-11-14(26)12-30-18;1-31(27,28)21(5-6-21)18-17-20(26-8-9-29-10-12(26)11-30-17)25-19(24-18)14-2-3-15(22)16-13(14)4-7-23-16/h2-4,7,14,25H,5-6,8-13H2,1H3;2,5,8-9,13,26H,3-4,6-7,10-11H2,1H3;3-5,10,14,23H,6-9,11-12H2,1-2H3;2-4,7,12,23H,5-6,8-11H2,1H3/t14-;13-;14-;12-/m0000/s1. The molecule has 0 bridgehead atoms. The number of ether oxygens (including phenoxy) is 9. The number of benzene rings is 4. The van der Waals surface area contributed by atoms with Crippen LogP contribution in [0.3, 0.4) is 0 Å². The van der Waals surface area contributed by atoms with Crippen molar-refractivity contribution in [2.75, 3.05) is 163 Å². The van der Waals surface area contributed by atoms with Crippen molar-refractivity contribution in [3.05, 3.63) is 143 Å². The maximum Gasteiger partial charge on any atom is 0.416 e. The number of aryl methyl sites for hydroxylation is 1. The molecule has 4 atom stereocenters. The minimum absolute atomic E-state index is 0.00531. The third-order valence-corrected chi connectivity index (χ3v) is 35.2. The number of H-pyrrole nitrogens is 4. The molecule has 4 aromatic carbocycles. The second-order valence-electron chi connectivity index (χ2n) is 35.2. The highest BCUT2D eigenvalue weighted by Gasteiger charge is 2.61. The van der Waals surface area contributed by atoms with Crippen molar-refractivity contribution in [1.82, 2.24) is 59.8 Å². The first-order chi connectivity index (χ1) is 62.2. The normalized spacial score (nSPS) is 22.0. The van der Waals surface area contributed by atoms with Crippen LogP contribution in [0.2, 0.25) is 0 Å². The summed E-state index contributed by atoms with van der Waals surface area (Å²) >= 11 is 0. The van der Waals surface area contributed by atoms with Crippen LogP contribution in [0.1, 0.15) is 85.4 Å². The maximum atomic E-state index is 14.4. The number of aromatic nitrogens is 12. The molecule has 0 unspecified atom stereocenters. The van der Waals surface area contributed by atoms with Gasteiger partial charge in [0.1, 0.15) is 79.8 Å². The van der Waals surface area contributed by atoms with Gasteiger partial charge in [-0.2, -0.15) is 13.2 Å². The van der Waals surface area contributed by atoms with Crippen LogP contribution in [0.5, 0.6) is 23.0 Å². The van der Waals surface area contributed by atoms with Crippen LogP contribution in [-0.4, -0.2) is 261 Å². The Morgan fingerprint density at radius 3 is 1.08 bits per heavy atom. The molecule has 5 saturated heterocycles. The fourth-order valence-electron chi connectivity index (χ4n) is 19.6. The second kappa shape index (κ2) is 31.6. The monoisotopic (exact) mass is 1870 g/mol. The molecule has 0 radical (unpaired) electrons. The van der Waals surface area contributed by atoms with Crippen molar-refractivity contribution in [3.63, 3.8) is 0 Å². The van der Waals surface area contributed by atoms with Crippen LogP contribution < -0.4 is 38.5 Å². The number of anilines is 4. The first-order valence-corrected chi connectivity index (χ1v) is 50.5. The van der Waals surface area contributed by atoms with Crippen LogP contribution in [0.4, 0.5) is 45.2 Å². The first kappa shape index (κ1) is 85.8. The van der Waals surface area contributed by atoms with Crippen molar-refractivity contribution in [3.8, 4) is 68.5 Å². The van der Waals surface area contributed by atoms with Gasteiger partial charge < -0.3 is 82.2 Å². The maximum absolute atomic E-state index is 14.4. The number of sulfone groups is 4. The largest absolute Gasteiger partial charge is 0.486 e. The Balaban J connectivity index is 0.000000105. The van der Waals surface area contributed by atoms with E-state index in [4.69, 9.17) is 72.5 Å². The van der Waals surface area contributed by atoms with Crippen LogP contribution in [0.25, 0.3) is 89.2 Å². The molecule has 0 amide bonds. The summed E-state index contributed by atoms with van der Waals surface area (Å²) in [6, 6.07) is 21.2. The number of alkyl halides is 3. The molecule has 130 heavy (non-hydrogen) atoms. The number of fused-ring (bicyclic) bond motifs is 16. The molecule has 9 aliphatic heterocycles. The Labute approximate surface area is 742 Å². The highest BCUT2D eigenvalue weighted by molar-refractivity contribution is 7.92. The first-order valence-electron chi connectivity index (χ1n) is 43.0. The van der Waals surface area contributed by atoms with E-state index in [0.29, 0.717) is 270 Å². The molecule has 8 fully saturated rings. The molecule has 42 heteroatoms. The summed E-state index contributed by atoms with van der Waals surface area (Å²) in [6.07, 6.45) is 8.62. The van der Waals surface area contributed by atoms with Crippen molar-refractivity contribution < 1.29 is 98.3 Å². The second-order valence-corrected chi connectivity index (χ2v) is 44.5. The zero-order valence-electron chi connectivity index (χ0n) is 71.3. The number of hydrogen-bond acceptors (Lipinski definition) is 29. The van der Waals surface area contributed by atoms with Gasteiger partial charge in [0.2, 0.25) is 0 Å². The van der Waals surface area contributed by atoms with E-state index in [2.05, 4.69) is 50.7 Å². The lowest BCUT2D eigenvalue weighted by atomic mass is 9.93. The van der Waals surface area contributed by atoms with Gasteiger partial charge in [0.15, 0.2) is 109 Å².